The van der Waals surface area contributed by atoms with Crippen molar-refractivity contribution in [2.45, 2.75) is 30.7 Å². The Morgan fingerprint density at radius 3 is 2.94 bits per heavy atom. The average Bonchev–Trinajstić information content (AvgIpc) is 2.29. The highest BCUT2D eigenvalue weighted by Crippen LogP contribution is 2.20. The van der Waals surface area contributed by atoms with E-state index in [0.29, 0.717) is 6.04 Å². The Labute approximate surface area is 103 Å². The van der Waals surface area contributed by atoms with Crippen molar-refractivity contribution < 1.29 is 0 Å². The number of thioether (sulfide) groups is 1. The fourth-order valence-electron chi connectivity index (χ4n) is 1.53. The van der Waals surface area contributed by atoms with E-state index < -0.39 is 0 Å². The summed E-state index contributed by atoms with van der Waals surface area (Å²) < 4.78 is 0. The molecule has 16 heavy (non-hydrogen) atoms. The third-order valence-electron chi connectivity index (χ3n) is 2.57. The van der Waals surface area contributed by atoms with Crippen LogP contribution in [-0.2, 0) is 0 Å². The van der Waals surface area contributed by atoms with E-state index in [1.807, 2.05) is 24.9 Å². The molecular formula is C14H21NS. The van der Waals surface area contributed by atoms with Gasteiger partial charge in [-0.15, -0.1) is 18.3 Å². The minimum Gasteiger partial charge on any atom is -0.316 e. The fraction of sp³-hybridized carbons (Fsp3) is 0.429. The van der Waals surface area contributed by atoms with E-state index in [-0.39, 0.29) is 0 Å². The molecule has 0 bridgehead atoms. The van der Waals surface area contributed by atoms with E-state index >= 15 is 0 Å². The zero-order valence-corrected chi connectivity index (χ0v) is 11.0. The van der Waals surface area contributed by atoms with Crippen LogP contribution in [0, 0.1) is 6.92 Å². The average molecular weight is 235 g/mol. The summed E-state index contributed by atoms with van der Waals surface area (Å²) >= 11 is 1.92. The Hall–Kier alpha value is -0.730. The minimum absolute atomic E-state index is 0.573. The van der Waals surface area contributed by atoms with Crippen LogP contribution in [0.15, 0.2) is 41.8 Å². The molecule has 0 saturated heterocycles. The van der Waals surface area contributed by atoms with Gasteiger partial charge < -0.3 is 5.32 Å². The van der Waals surface area contributed by atoms with Crippen molar-refractivity contribution in [3.8, 4) is 0 Å². The topological polar surface area (TPSA) is 12.0 Å². The predicted octanol–water partition coefficient (Wildman–Crippen LogP) is 3.64. The van der Waals surface area contributed by atoms with Crippen molar-refractivity contribution in [3.63, 3.8) is 0 Å². The van der Waals surface area contributed by atoms with Crippen molar-refractivity contribution in [3.05, 3.63) is 42.5 Å². The molecule has 1 aromatic rings. The summed E-state index contributed by atoms with van der Waals surface area (Å²) in [6, 6.07) is 9.25. The lowest BCUT2D eigenvalue weighted by Gasteiger charge is -2.14. The number of aryl methyl sites for hydroxylation is 1. The van der Waals surface area contributed by atoms with Crippen LogP contribution in [0.25, 0.3) is 0 Å². The van der Waals surface area contributed by atoms with E-state index in [4.69, 9.17) is 0 Å². The molecule has 0 amide bonds. The second-order valence-electron chi connectivity index (χ2n) is 3.98. The van der Waals surface area contributed by atoms with Crippen molar-refractivity contribution in [2.75, 3.05) is 12.8 Å². The van der Waals surface area contributed by atoms with Gasteiger partial charge in [0, 0.05) is 16.7 Å². The van der Waals surface area contributed by atoms with Crippen LogP contribution < -0.4 is 5.32 Å². The monoisotopic (exact) mass is 235 g/mol. The third kappa shape index (κ3) is 4.86. The zero-order valence-electron chi connectivity index (χ0n) is 10.2. The van der Waals surface area contributed by atoms with Crippen molar-refractivity contribution in [1.29, 1.82) is 0 Å². The van der Waals surface area contributed by atoms with Gasteiger partial charge in [0.2, 0.25) is 0 Å². The molecule has 0 radical (unpaired) electrons. The van der Waals surface area contributed by atoms with Crippen LogP contribution in [0.3, 0.4) is 0 Å². The summed E-state index contributed by atoms with van der Waals surface area (Å²) in [7, 11) is 2.03. The molecule has 1 rings (SSSR count). The van der Waals surface area contributed by atoms with Gasteiger partial charge in [-0.05, 0) is 38.9 Å². The predicted molar refractivity (Wildman–Crippen MR) is 74.2 cm³/mol. The molecule has 1 unspecified atom stereocenters. The van der Waals surface area contributed by atoms with E-state index in [1.165, 1.54) is 16.9 Å². The first-order valence-electron chi connectivity index (χ1n) is 5.74. The summed E-state index contributed by atoms with van der Waals surface area (Å²) in [5.41, 5.74) is 1.33. The summed E-state index contributed by atoms with van der Waals surface area (Å²) in [4.78, 5) is 1.36. The highest BCUT2D eigenvalue weighted by Gasteiger charge is 2.05. The lowest BCUT2D eigenvalue weighted by Crippen LogP contribution is -2.27. The van der Waals surface area contributed by atoms with Crippen molar-refractivity contribution in [2.24, 2.45) is 0 Å². The second-order valence-corrected chi connectivity index (χ2v) is 5.07. The molecule has 1 atom stereocenters. The van der Waals surface area contributed by atoms with E-state index in [9.17, 15) is 0 Å². The molecule has 0 aliphatic heterocycles. The Morgan fingerprint density at radius 2 is 2.31 bits per heavy atom. The van der Waals surface area contributed by atoms with Crippen LogP contribution in [0.1, 0.15) is 18.4 Å². The summed E-state index contributed by atoms with van der Waals surface area (Å²) in [6.07, 6.45) is 4.24. The molecule has 1 aromatic carbocycles. The smallest absolute Gasteiger partial charge is 0.0161 e. The maximum atomic E-state index is 3.76. The molecule has 0 aromatic heterocycles. The summed E-state index contributed by atoms with van der Waals surface area (Å²) in [5, 5.41) is 3.35. The summed E-state index contributed by atoms with van der Waals surface area (Å²) in [6.45, 7) is 5.90. The number of hydrogen-bond acceptors (Lipinski definition) is 2. The Kier molecular flexibility index (Phi) is 6.27. The standard InChI is InChI=1S/C14H21NS/c1-4-5-8-13(15-3)11-16-14-9-6-7-12(2)10-14/h4,6-7,9-10,13,15H,1,5,8,11H2,2-3H3. The molecular weight excluding hydrogens is 214 g/mol. The lowest BCUT2D eigenvalue weighted by atomic mass is 10.2. The molecule has 0 saturated carbocycles. The first kappa shape index (κ1) is 13.3. The van der Waals surface area contributed by atoms with Crippen LogP contribution >= 0.6 is 11.8 Å². The summed E-state index contributed by atoms with van der Waals surface area (Å²) in [5.74, 6) is 1.12. The van der Waals surface area contributed by atoms with E-state index in [2.05, 4.69) is 43.1 Å². The molecule has 88 valence electrons. The normalized spacial score (nSPS) is 12.4. The van der Waals surface area contributed by atoms with Crippen LogP contribution in [0.4, 0.5) is 0 Å². The molecule has 0 heterocycles. The largest absolute Gasteiger partial charge is 0.316 e. The van der Waals surface area contributed by atoms with Gasteiger partial charge in [0.1, 0.15) is 0 Å². The first-order chi connectivity index (χ1) is 7.76. The number of benzene rings is 1. The van der Waals surface area contributed by atoms with Gasteiger partial charge in [-0.3, -0.25) is 0 Å². The van der Waals surface area contributed by atoms with Crippen molar-refractivity contribution in [1.82, 2.24) is 5.32 Å². The van der Waals surface area contributed by atoms with Gasteiger partial charge in [-0.2, -0.15) is 0 Å². The zero-order chi connectivity index (χ0) is 11.8. The Bertz CT molecular complexity index is 322. The van der Waals surface area contributed by atoms with Crippen LogP contribution in [0.2, 0.25) is 0 Å². The van der Waals surface area contributed by atoms with Gasteiger partial charge in [0.15, 0.2) is 0 Å². The highest BCUT2D eigenvalue weighted by atomic mass is 32.2. The van der Waals surface area contributed by atoms with Gasteiger partial charge in [0.05, 0.1) is 0 Å². The Morgan fingerprint density at radius 1 is 1.50 bits per heavy atom. The maximum absolute atomic E-state index is 3.76. The van der Waals surface area contributed by atoms with Gasteiger partial charge in [-0.1, -0.05) is 23.8 Å². The quantitative estimate of drug-likeness (QED) is 0.572. The lowest BCUT2D eigenvalue weighted by molar-refractivity contribution is 0.579. The molecule has 1 N–H and O–H groups in total. The van der Waals surface area contributed by atoms with E-state index in [0.717, 1.165) is 12.2 Å². The Balaban J connectivity index is 2.39. The molecule has 2 heteroatoms. The van der Waals surface area contributed by atoms with Gasteiger partial charge in [0.25, 0.3) is 0 Å². The van der Waals surface area contributed by atoms with Crippen molar-refractivity contribution >= 4 is 11.8 Å². The molecule has 0 fully saturated rings. The number of rotatable bonds is 7. The molecule has 1 nitrogen and oxygen atoms in total. The van der Waals surface area contributed by atoms with Crippen LogP contribution in [0.5, 0.6) is 0 Å². The first-order valence-corrected chi connectivity index (χ1v) is 6.72. The van der Waals surface area contributed by atoms with E-state index in [1.54, 1.807) is 0 Å². The second kappa shape index (κ2) is 7.53. The number of nitrogens with one attached hydrogen (secondary N) is 1. The number of allylic oxidation sites excluding steroid dienone is 1. The highest BCUT2D eigenvalue weighted by molar-refractivity contribution is 7.99. The maximum Gasteiger partial charge on any atom is 0.0161 e. The van der Waals surface area contributed by atoms with Gasteiger partial charge >= 0.3 is 0 Å². The molecule has 0 aliphatic carbocycles. The molecule has 0 aliphatic rings. The fourth-order valence-corrected chi connectivity index (χ4v) is 2.70. The van der Waals surface area contributed by atoms with Crippen LogP contribution in [-0.4, -0.2) is 18.8 Å². The number of hydrogen-bond donors (Lipinski definition) is 1. The van der Waals surface area contributed by atoms with Gasteiger partial charge in [-0.25, -0.2) is 0 Å². The minimum atomic E-state index is 0.573. The third-order valence-corrected chi connectivity index (χ3v) is 3.72. The molecule has 0 spiro atoms. The SMILES string of the molecule is C=CCCC(CSc1cccc(C)c1)NC.